The predicted octanol–water partition coefficient (Wildman–Crippen LogP) is 1.82. The second-order valence-corrected chi connectivity index (χ2v) is 8.21. The highest BCUT2D eigenvalue weighted by atomic mass is 32.2. The summed E-state index contributed by atoms with van der Waals surface area (Å²) in [6.07, 6.45) is 0. The van der Waals surface area contributed by atoms with Crippen molar-refractivity contribution in [2.24, 2.45) is 5.41 Å². The van der Waals surface area contributed by atoms with E-state index >= 15 is 0 Å². The topological polar surface area (TPSA) is 75.3 Å². The summed E-state index contributed by atoms with van der Waals surface area (Å²) in [5.41, 5.74) is -0.0488. The van der Waals surface area contributed by atoms with Crippen molar-refractivity contribution in [2.45, 2.75) is 38.6 Å². The first-order valence-corrected chi connectivity index (χ1v) is 8.27. The smallest absolute Gasteiger partial charge is 0.261 e. The maximum Gasteiger partial charge on any atom is 0.261 e. The minimum absolute atomic E-state index is 0.00791. The first-order valence-electron chi connectivity index (χ1n) is 5.91. The van der Waals surface area contributed by atoms with Crippen LogP contribution in [0.25, 0.3) is 0 Å². The number of sulfonamides is 1. The van der Waals surface area contributed by atoms with Crippen molar-refractivity contribution >= 4 is 27.3 Å². The molecule has 5 nitrogen and oxygen atoms in total. The lowest BCUT2D eigenvalue weighted by molar-refractivity contribution is 0.0914. The molecule has 0 aromatic carbocycles. The van der Waals surface area contributed by atoms with E-state index < -0.39 is 10.0 Å². The fourth-order valence-corrected chi connectivity index (χ4v) is 3.09. The van der Waals surface area contributed by atoms with Crippen LogP contribution in [0.2, 0.25) is 0 Å². The molecule has 0 aliphatic heterocycles. The van der Waals surface area contributed by atoms with Crippen LogP contribution in [-0.2, 0) is 10.0 Å². The minimum atomic E-state index is -3.49. The Balaban J connectivity index is 2.86. The third-order valence-electron chi connectivity index (χ3n) is 3.02. The summed E-state index contributed by atoms with van der Waals surface area (Å²) in [5.74, 6) is -0.245. The average Bonchev–Trinajstić information content (AvgIpc) is 2.77. The van der Waals surface area contributed by atoms with E-state index in [0.717, 1.165) is 11.3 Å². The molecule has 19 heavy (non-hydrogen) atoms. The van der Waals surface area contributed by atoms with Crippen molar-refractivity contribution in [3.05, 3.63) is 16.3 Å². The molecule has 7 heteroatoms. The third-order valence-corrected chi connectivity index (χ3v) is 5.50. The molecule has 1 rings (SSSR count). The molecule has 0 aliphatic rings. The number of carbonyl (C=O) groups is 1. The lowest BCUT2D eigenvalue weighted by Crippen LogP contribution is -2.41. The Kier molecular flexibility index (Phi) is 4.76. The standard InChI is InChI=1S/C12H20N2O3S2/c1-8(12(2,3)4)14-11(15)10-6-9(7-18-10)19(16,17)13-5/h6-8,13H,1-5H3,(H,14,15)/t8-/m0/s1. The molecule has 108 valence electrons. The van der Waals surface area contributed by atoms with Gasteiger partial charge in [-0.05, 0) is 25.5 Å². The van der Waals surface area contributed by atoms with Crippen molar-refractivity contribution < 1.29 is 13.2 Å². The Labute approximate surface area is 118 Å². The van der Waals surface area contributed by atoms with E-state index in [1.54, 1.807) is 0 Å². The fraction of sp³-hybridized carbons (Fsp3) is 0.583. The quantitative estimate of drug-likeness (QED) is 0.891. The highest BCUT2D eigenvalue weighted by molar-refractivity contribution is 7.89. The van der Waals surface area contributed by atoms with Crippen LogP contribution in [-0.4, -0.2) is 27.4 Å². The molecule has 1 atom stereocenters. The van der Waals surface area contributed by atoms with E-state index in [1.165, 1.54) is 18.5 Å². The van der Waals surface area contributed by atoms with Crippen LogP contribution in [0.15, 0.2) is 16.3 Å². The molecule has 0 spiro atoms. The lowest BCUT2D eigenvalue weighted by atomic mass is 9.88. The van der Waals surface area contributed by atoms with Gasteiger partial charge in [0.05, 0.1) is 9.77 Å². The number of carbonyl (C=O) groups excluding carboxylic acids is 1. The largest absolute Gasteiger partial charge is 0.348 e. The molecular weight excluding hydrogens is 284 g/mol. The van der Waals surface area contributed by atoms with Crippen LogP contribution >= 0.6 is 11.3 Å². The van der Waals surface area contributed by atoms with Gasteiger partial charge in [0.25, 0.3) is 5.91 Å². The molecule has 1 aromatic rings. The number of amides is 1. The zero-order chi connectivity index (χ0) is 14.8. The van der Waals surface area contributed by atoms with E-state index in [9.17, 15) is 13.2 Å². The molecule has 0 unspecified atom stereocenters. The molecule has 1 amide bonds. The Morgan fingerprint density at radius 2 is 1.95 bits per heavy atom. The summed E-state index contributed by atoms with van der Waals surface area (Å²) in [5, 5.41) is 4.34. The highest BCUT2D eigenvalue weighted by Crippen LogP contribution is 2.22. The van der Waals surface area contributed by atoms with Crippen molar-refractivity contribution in [1.29, 1.82) is 0 Å². The molecule has 1 heterocycles. The van der Waals surface area contributed by atoms with Crippen molar-refractivity contribution in [3.63, 3.8) is 0 Å². The lowest BCUT2D eigenvalue weighted by Gasteiger charge is -2.27. The molecule has 0 fully saturated rings. The van der Waals surface area contributed by atoms with Gasteiger partial charge in [-0.25, -0.2) is 13.1 Å². The normalized spacial score (nSPS) is 14.2. The maximum atomic E-state index is 12.0. The summed E-state index contributed by atoms with van der Waals surface area (Å²) in [6.45, 7) is 8.02. The van der Waals surface area contributed by atoms with Crippen LogP contribution in [0.4, 0.5) is 0 Å². The number of hydrogen-bond donors (Lipinski definition) is 2. The zero-order valence-electron chi connectivity index (χ0n) is 11.8. The van der Waals surface area contributed by atoms with Crippen molar-refractivity contribution in [2.75, 3.05) is 7.05 Å². The summed E-state index contributed by atoms with van der Waals surface area (Å²) in [7, 11) is -2.15. The van der Waals surface area contributed by atoms with Crippen LogP contribution in [0, 0.1) is 5.41 Å². The molecule has 1 aromatic heterocycles. The molecule has 0 saturated heterocycles. The summed E-state index contributed by atoms with van der Waals surface area (Å²) >= 11 is 1.12. The van der Waals surface area contributed by atoms with Crippen LogP contribution in [0.1, 0.15) is 37.4 Å². The molecule has 0 saturated carbocycles. The Bertz CT molecular complexity index is 556. The van der Waals surface area contributed by atoms with Crippen LogP contribution in [0.5, 0.6) is 0 Å². The minimum Gasteiger partial charge on any atom is -0.348 e. The van der Waals surface area contributed by atoms with Gasteiger partial charge in [-0.15, -0.1) is 11.3 Å². The van der Waals surface area contributed by atoms with Gasteiger partial charge in [0.2, 0.25) is 10.0 Å². The Morgan fingerprint density at radius 1 is 1.37 bits per heavy atom. The van der Waals surface area contributed by atoms with Crippen molar-refractivity contribution in [3.8, 4) is 0 Å². The van der Waals surface area contributed by atoms with Crippen LogP contribution in [0.3, 0.4) is 0 Å². The SMILES string of the molecule is CNS(=O)(=O)c1csc(C(=O)N[C@@H](C)C(C)(C)C)c1. The molecule has 0 radical (unpaired) electrons. The molecule has 0 aliphatic carbocycles. The second kappa shape index (κ2) is 5.60. The predicted molar refractivity (Wildman–Crippen MR) is 76.9 cm³/mol. The Hall–Kier alpha value is -0.920. The number of nitrogens with one attached hydrogen (secondary N) is 2. The summed E-state index contributed by atoms with van der Waals surface area (Å²) in [6, 6.07) is 1.38. The van der Waals surface area contributed by atoms with E-state index in [0.29, 0.717) is 4.88 Å². The highest BCUT2D eigenvalue weighted by Gasteiger charge is 2.23. The van der Waals surface area contributed by atoms with Gasteiger partial charge >= 0.3 is 0 Å². The molecule has 0 bridgehead atoms. The third kappa shape index (κ3) is 4.02. The van der Waals surface area contributed by atoms with Gasteiger partial charge in [0.1, 0.15) is 0 Å². The van der Waals surface area contributed by atoms with E-state index in [4.69, 9.17) is 0 Å². The number of rotatable bonds is 4. The fourth-order valence-electron chi connectivity index (χ4n) is 1.18. The van der Waals surface area contributed by atoms with E-state index in [-0.39, 0.29) is 22.3 Å². The van der Waals surface area contributed by atoms with E-state index in [1.807, 2.05) is 27.7 Å². The number of thiophene rings is 1. The first kappa shape index (κ1) is 16.1. The van der Waals surface area contributed by atoms with Gasteiger partial charge in [-0.2, -0.15) is 0 Å². The van der Waals surface area contributed by atoms with E-state index in [2.05, 4.69) is 10.0 Å². The first-order chi connectivity index (χ1) is 8.58. The van der Waals surface area contributed by atoms with Gasteiger partial charge in [0, 0.05) is 11.4 Å². The number of hydrogen-bond acceptors (Lipinski definition) is 4. The summed E-state index contributed by atoms with van der Waals surface area (Å²) < 4.78 is 25.4. The molecule has 2 N–H and O–H groups in total. The average molecular weight is 304 g/mol. The van der Waals surface area contributed by atoms with Gasteiger partial charge in [-0.1, -0.05) is 20.8 Å². The zero-order valence-corrected chi connectivity index (χ0v) is 13.4. The van der Waals surface area contributed by atoms with Gasteiger partial charge in [0.15, 0.2) is 0 Å². The van der Waals surface area contributed by atoms with Crippen LogP contribution < -0.4 is 10.0 Å². The summed E-state index contributed by atoms with van der Waals surface area (Å²) in [4.78, 5) is 12.5. The van der Waals surface area contributed by atoms with Gasteiger partial charge < -0.3 is 5.32 Å². The van der Waals surface area contributed by atoms with Crippen molar-refractivity contribution in [1.82, 2.24) is 10.0 Å². The second-order valence-electron chi connectivity index (χ2n) is 5.42. The monoisotopic (exact) mass is 304 g/mol. The van der Waals surface area contributed by atoms with Gasteiger partial charge in [-0.3, -0.25) is 4.79 Å². The maximum absolute atomic E-state index is 12.0. The Morgan fingerprint density at radius 3 is 2.42 bits per heavy atom. The molecular formula is C12H20N2O3S2.